The fraction of sp³-hybridized carbons (Fsp3) is 0. The molecule has 0 aromatic rings. The summed E-state index contributed by atoms with van der Waals surface area (Å²) in [7, 11) is 0. The van der Waals surface area contributed by atoms with Crippen LogP contribution in [0.1, 0.15) is 0 Å². The molecule has 0 unspecified atom stereocenters. The third kappa shape index (κ3) is 1.86. The number of rotatable bonds is 1. The molecule has 1 amide bonds. The van der Waals surface area contributed by atoms with E-state index in [1.165, 1.54) is 0 Å². The van der Waals surface area contributed by atoms with E-state index in [-0.39, 0.29) is 0 Å². The van der Waals surface area contributed by atoms with Gasteiger partial charge in [-0.1, -0.05) is 0 Å². The quantitative estimate of drug-likeness (QED) is 0.479. The van der Waals surface area contributed by atoms with Crippen molar-refractivity contribution in [1.82, 2.24) is 0 Å². The molecule has 0 radical (unpaired) electrons. The first-order valence-electron chi connectivity index (χ1n) is 1.44. The van der Waals surface area contributed by atoms with Crippen LogP contribution in [0, 0.1) is 0 Å². The molecule has 0 atom stereocenters. The number of primary amides is 1. The maximum Gasteiger partial charge on any atom is 0.279 e. The molecule has 0 saturated carbocycles. The maximum atomic E-state index is 11.3. The van der Waals surface area contributed by atoms with Gasteiger partial charge >= 0.3 is 0 Å². The predicted octanol–water partition coefficient (Wildman–Crippen LogP) is 0.252. The van der Waals surface area contributed by atoms with Gasteiger partial charge in [0.25, 0.3) is 5.91 Å². The lowest BCUT2D eigenvalue weighted by Crippen LogP contribution is -2.09. The van der Waals surface area contributed by atoms with E-state index in [1.54, 1.807) is 0 Å². The van der Waals surface area contributed by atoms with Crippen molar-refractivity contribution in [3.05, 3.63) is 12.2 Å². The number of amides is 1. The summed E-state index contributed by atoms with van der Waals surface area (Å²) in [5.74, 6) is -2.94. The Bertz CT molecular complexity index is 110. The van der Waals surface area contributed by atoms with Gasteiger partial charge in [0.05, 0.1) is 0 Å². The fourth-order valence-electron chi connectivity index (χ4n) is 0.0538. The lowest BCUT2D eigenvalue weighted by Gasteiger charge is -1.78. The number of hydrogen-bond donors (Lipinski definition) is 1. The Morgan fingerprint density at radius 3 is 2.14 bits per heavy atom. The van der Waals surface area contributed by atoms with Gasteiger partial charge in [-0.15, -0.1) is 0 Å². The molecule has 7 heavy (non-hydrogen) atoms. The first kappa shape index (κ1) is 6.07. The molecule has 0 spiro atoms. The Balaban J connectivity index is 3.82. The van der Waals surface area contributed by atoms with E-state index < -0.39 is 18.1 Å². The molecule has 0 aliphatic carbocycles. The van der Waals surface area contributed by atoms with E-state index >= 15 is 0 Å². The Morgan fingerprint density at radius 2 is 2.14 bits per heavy atom. The lowest BCUT2D eigenvalue weighted by molar-refractivity contribution is -0.116. The van der Waals surface area contributed by atoms with Gasteiger partial charge in [-0.3, -0.25) is 4.79 Å². The van der Waals surface area contributed by atoms with E-state index in [2.05, 4.69) is 5.73 Å². The average molecular weight is 107 g/mol. The van der Waals surface area contributed by atoms with Crippen molar-refractivity contribution in [3.63, 3.8) is 0 Å². The molecule has 0 rings (SSSR count). The topological polar surface area (TPSA) is 43.1 Å². The summed E-state index contributed by atoms with van der Waals surface area (Å²) in [5, 5.41) is 0. The summed E-state index contributed by atoms with van der Waals surface area (Å²) in [4.78, 5) is 9.47. The molecule has 2 N–H and O–H groups in total. The molecule has 0 fully saturated rings. The summed E-state index contributed by atoms with van der Waals surface area (Å²) in [5.41, 5.74) is 4.22. The molecule has 40 valence electrons. The predicted molar refractivity (Wildman–Crippen MR) is 19.5 cm³/mol. The van der Waals surface area contributed by atoms with Crippen LogP contribution in [0.4, 0.5) is 8.78 Å². The fourth-order valence-corrected chi connectivity index (χ4v) is 0.0538. The Labute approximate surface area is 38.6 Å². The van der Waals surface area contributed by atoms with Gasteiger partial charge in [0.1, 0.15) is 6.33 Å². The molecule has 0 bridgehead atoms. The van der Waals surface area contributed by atoms with E-state index in [0.717, 1.165) is 0 Å². The van der Waals surface area contributed by atoms with Crippen LogP contribution in [-0.2, 0) is 4.79 Å². The molecule has 0 aliphatic heterocycles. The minimum atomic E-state index is -1.56. The van der Waals surface area contributed by atoms with Crippen LogP contribution >= 0.6 is 0 Å². The van der Waals surface area contributed by atoms with E-state index in [9.17, 15) is 13.6 Å². The molecule has 0 aromatic heterocycles. The van der Waals surface area contributed by atoms with Crippen LogP contribution in [-0.4, -0.2) is 5.91 Å². The second-order valence-electron chi connectivity index (χ2n) is 0.821. The number of halogens is 2. The summed E-state index contributed by atoms with van der Waals surface area (Å²) < 4.78 is 22.1. The van der Waals surface area contributed by atoms with Gasteiger partial charge < -0.3 is 5.73 Å². The largest absolute Gasteiger partial charge is 0.364 e. The molecular formula is C3H3F2NO. The smallest absolute Gasteiger partial charge is 0.279 e. The van der Waals surface area contributed by atoms with Gasteiger partial charge in [-0.25, -0.2) is 4.39 Å². The first-order chi connectivity index (χ1) is 3.18. The van der Waals surface area contributed by atoms with Crippen LogP contribution < -0.4 is 5.73 Å². The minimum absolute atomic E-state index is 0.484. The first-order valence-corrected chi connectivity index (χ1v) is 1.44. The zero-order valence-electron chi connectivity index (χ0n) is 3.32. The van der Waals surface area contributed by atoms with Crippen LogP contribution in [0.15, 0.2) is 12.2 Å². The van der Waals surface area contributed by atoms with Crippen LogP contribution in [0.2, 0.25) is 0 Å². The van der Waals surface area contributed by atoms with Crippen molar-refractivity contribution >= 4 is 5.91 Å². The highest BCUT2D eigenvalue weighted by Gasteiger charge is 1.98. The summed E-state index contributed by atoms with van der Waals surface area (Å²) in [6.07, 6.45) is -0.484. The van der Waals surface area contributed by atoms with E-state index in [4.69, 9.17) is 0 Å². The third-order valence-electron chi connectivity index (χ3n) is 0.331. The summed E-state index contributed by atoms with van der Waals surface area (Å²) in [6, 6.07) is 0. The average Bonchev–Trinajstić information content (AvgIpc) is 1.65. The highest BCUT2D eigenvalue weighted by atomic mass is 19.2. The van der Waals surface area contributed by atoms with Crippen molar-refractivity contribution in [3.8, 4) is 0 Å². The Kier molecular flexibility index (Phi) is 1.98. The monoisotopic (exact) mass is 107 g/mol. The molecule has 4 heteroatoms. The van der Waals surface area contributed by atoms with Gasteiger partial charge in [0, 0.05) is 0 Å². The molecule has 0 heterocycles. The van der Waals surface area contributed by atoms with Gasteiger partial charge in [-0.2, -0.15) is 4.39 Å². The molecular weight excluding hydrogens is 104 g/mol. The lowest BCUT2D eigenvalue weighted by atomic mass is 10.6. The van der Waals surface area contributed by atoms with Crippen molar-refractivity contribution in [2.24, 2.45) is 5.73 Å². The van der Waals surface area contributed by atoms with Crippen molar-refractivity contribution in [1.29, 1.82) is 0 Å². The Hall–Kier alpha value is -0.930. The van der Waals surface area contributed by atoms with E-state index in [1.807, 2.05) is 0 Å². The standard InChI is InChI=1S/C3H3F2NO/c4-1-2(5)3(6)7/h1H,(H2,6,7)/b2-1-. The van der Waals surface area contributed by atoms with Gasteiger partial charge in [0.15, 0.2) is 0 Å². The summed E-state index contributed by atoms with van der Waals surface area (Å²) in [6.45, 7) is 0. The van der Waals surface area contributed by atoms with Crippen molar-refractivity contribution in [2.45, 2.75) is 0 Å². The van der Waals surface area contributed by atoms with Crippen molar-refractivity contribution in [2.75, 3.05) is 0 Å². The Morgan fingerprint density at radius 1 is 1.71 bits per heavy atom. The zero-order chi connectivity index (χ0) is 5.86. The molecule has 0 saturated heterocycles. The molecule has 0 aromatic carbocycles. The normalized spacial score (nSPS) is 11.4. The minimum Gasteiger partial charge on any atom is -0.364 e. The van der Waals surface area contributed by atoms with Crippen LogP contribution in [0.3, 0.4) is 0 Å². The second kappa shape index (κ2) is 2.28. The number of nitrogens with two attached hydrogens (primary N) is 1. The van der Waals surface area contributed by atoms with Gasteiger partial charge in [0.2, 0.25) is 5.83 Å². The zero-order valence-corrected chi connectivity index (χ0v) is 3.32. The maximum absolute atomic E-state index is 11.3. The molecule has 2 nitrogen and oxygen atoms in total. The van der Waals surface area contributed by atoms with Crippen LogP contribution in [0.25, 0.3) is 0 Å². The molecule has 0 aliphatic rings. The van der Waals surface area contributed by atoms with E-state index in [0.29, 0.717) is 0 Å². The highest BCUT2D eigenvalue weighted by molar-refractivity contribution is 5.89. The SMILES string of the molecule is NC(=O)/C(F)=C/F. The number of carbonyl (C=O) groups is 1. The second-order valence-corrected chi connectivity index (χ2v) is 0.821. The summed E-state index contributed by atoms with van der Waals surface area (Å²) >= 11 is 0. The third-order valence-corrected chi connectivity index (χ3v) is 0.331. The highest BCUT2D eigenvalue weighted by Crippen LogP contribution is 1.91. The van der Waals surface area contributed by atoms with Gasteiger partial charge in [-0.05, 0) is 0 Å². The number of carbonyl (C=O) groups excluding carboxylic acids is 1. The van der Waals surface area contributed by atoms with Crippen LogP contribution in [0.5, 0.6) is 0 Å². The van der Waals surface area contributed by atoms with Crippen molar-refractivity contribution < 1.29 is 13.6 Å². The number of hydrogen-bond acceptors (Lipinski definition) is 1.